The van der Waals surface area contributed by atoms with Crippen molar-refractivity contribution in [3.8, 4) is 0 Å². The van der Waals surface area contributed by atoms with Gasteiger partial charge in [-0.2, -0.15) is 4.98 Å². The fraction of sp³-hybridized carbons (Fsp3) is 0.182. The van der Waals surface area contributed by atoms with Gasteiger partial charge < -0.3 is 5.73 Å². The molecule has 0 bridgehead atoms. The molecule has 0 aliphatic carbocycles. The van der Waals surface area contributed by atoms with Gasteiger partial charge in [-0.15, -0.1) is 5.10 Å². The van der Waals surface area contributed by atoms with Crippen molar-refractivity contribution in [3.05, 3.63) is 35.7 Å². The maximum Gasteiger partial charge on any atom is 0.326 e. The molecule has 0 spiro atoms. The molecule has 0 unspecified atom stereocenters. The Balaban J connectivity index is 2.51. The number of aromatic amines is 1. The van der Waals surface area contributed by atoms with Gasteiger partial charge in [-0.25, -0.2) is 9.69 Å². The van der Waals surface area contributed by atoms with E-state index in [4.69, 9.17) is 5.73 Å². The summed E-state index contributed by atoms with van der Waals surface area (Å²) in [5.74, 6) is 0.240. The second-order valence-corrected chi connectivity index (χ2v) is 3.76. The number of H-pyrrole nitrogens is 1. The Labute approximate surface area is 98.5 Å². The number of primary amides is 1. The summed E-state index contributed by atoms with van der Waals surface area (Å²) < 4.78 is 0. The van der Waals surface area contributed by atoms with Crippen LogP contribution in [-0.4, -0.2) is 21.2 Å². The number of amides is 2. The van der Waals surface area contributed by atoms with Crippen molar-refractivity contribution in [2.45, 2.75) is 13.8 Å². The monoisotopic (exact) mass is 231 g/mol. The standard InChI is InChI=1S/C11H13N5O/c1-7-3-4-9(8(2)5-7)16(10(12)17)11-13-6-14-15-11/h3-6H,1-2H3,(H2,12,17)(H,13,14,15). The average Bonchev–Trinajstić information content (AvgIpc) is 2.74. The molecule has 0 saturated heterocycles. The summed E-state index contributed by atoms with van der Waals surface area (Å²) >= 11 is 0. The number of nitrogens with zero attached hydrogens (tertiary/aromatic N) is 3. The Morgan fingerprint density at radius 2 is 2.18 bits per heavy atom. The first-order valence-corrected chi connectivity index (χ1v) is 5.12. The van der Waals surface area contributed by atoms with Crippen LogP contribution in [0.15, 0.2) is 24.5 Å². The smallest absolute Gasteiger partial charge is 0.326 e. The Hall–Kier alpha value is -2.37. The molecule has 0 radical (unpaired) electrons. The lowest BCUT2D eigenvalue weighted by Crippen LogP contribution is -2.32. The number of hydrogen-bond donors (Lipinski definition) is 2. The van der Waals surface area contributed by atoms with Crippen LogP contribution in [0.1, 0.15) is 11.1 Å². The average molecular weight is 231 g/mol. The van der Waals surface area contributed by atoms with E-state index in [0.29, 0.717) is 5.69 Å². The Morgan fingerprint density at radius 3 is 2.71 bits per heavy atom. The molecule has 0 fully saturated rings. The van der Waals surface area contributed by atoms with Crippen LogP contribution >= 0.6 is 0 Å². The zero-order valence-corrected chi connectivity index (χ0v) is 9.64. The molecule has 0 aliphatic heterocycles. The van der Waals surface area contributed by atoms with E-state index in [1.54, 1.807) is 0 Å². The third-order valence-electron chi connectivity index (χ3n) is 2.42. The number of urea groups is 1. The maximum absolute atomic E-state index is 11.5. The number of benzene rings is 1. The third-order valence-corrected chi connectivity index (χ3v) is 2.42. The summed E-state index contributed by atoms with van der Waals surface area (Å²) in [5.41, 5.74) is 8.10. The minimum atomic E-state index is -0.614. The SMILES string of the molecule is Cc1ccc(N(C(N)=O)c2nc[nH]n2)c(C)c1. The first-order valence-electron chi connectivity index (χ1n) is 5.12. The van der Waals surface area contributed by atoms with Gasteiger partial charge >= 0.3 is 6.03 Å². The summed E-state index contributed by atoms with van der Waals surface area (Å²) in [4.78, 5) is 16.7. The summed E-state index contributed by atoms with van der Waals surface area (Å²) in [6, 6.07) is 5.09. The van der Waals surface area contributed by atoms with Crippen LogP contribution in [0.5, 0.6) is 0 Å². The highest BCUT2D eigenvalue weighted by atomic mass is 16.2. The lowest BCUT2D eigenvalue weighted by molar-refractivity contribution is 0.256. The zero-order valence-electron chi connectivity index (χ0n) is 9.64. The molecular formula is C11H13N5O. The van der Waals surface area contributed by atoms with E-state index in [1.807, 2.05) is 32.0 Å². The van der Waals surface area contributed by atoms with Gasteiger partial charge in [0.1, 0.15) is 6.33 Å². The number of nitrogens with two attached hydrogens (primary N) is 1. The summed E-state index contributed by atoms with van der Waals surface area (Å²) in [5, 5.41) is 6.42. The number of rotatable bonds is 2. The predicted molar refractivity (Wildman–Crippen MR) is 64.0 cm³/mol. The molecule has 88 valence electrons. The van der Waals surface area contributed by atoms with E-state index < -0.39 is 6.03 Å². The second-order valence-electron chi connectivity index (χ2n) is 3.76. The van der Waals surface area contributed by atoms with Gasteiger partial charge in [0.15, 0.2) is 0 Å². The van der Waals surface area contributed by atoms with Crippen molar-refractivity contribution in [1.29, 1.82) is 0 Å². The van der Waals surface area contributed by atoms with Gasteiger partial charge in [0, 0.05) is 0 Å². The van der Waals surface area contributed by atoms with Gasteiger partial charge in [-0.05, 0) is 25.5 Å². The fourth-order valence-electron chi connectivity index (χ4n) is 1.69. The lowest BCUT2D eigenvalue weighted by atomic mass is 10.1. The van der Waals surface area contributed by atoms with E-state index in [9.17, 15) is 4.79 Å². The number of hydrogen-bond acceptors (Lipinski definition) is 3. The normalized spacial score (nSPS) is 10.2. The topological polar surface area (TPSA) is 87.9 Å². The predicted octanol–water partition coefficient (Wildman–Crippen LogP) is 1.64. The highest BCUT2D eigenvalue weighted by Crippen LogP contribution is 2.25. The maximum atomic E-state index is 11.5. The molecule has 17 heavy (non-hydrogen) atoms. The fourth-order valence-corrected chi connectivity index (χ4v) is 1.69. The molecule has 6 heteroatoms. The van der Waals surface area contributed by atoms with E-state index >= 15 is 0 Å². The molecule has 0 saturated carbocycles. The van der Waals surface area contributed by atoms with Gasteiger partial charge in [-0.3, -0.25) is 5.10 Å². The third kappa shape index (κ3) is 2.10. The van der Waals surface area contributed by atoms with Crippen LogP contribution in [0.25, 0.3) is 0 Å². The van der Waals surface area contributed by atoms with Crippen LogP contribution in [0.2, 0.25) is 0 Å². The molecule has 0 aliphatic rings. The minimum absolute atomic E-state index is 0.240. The molecule has 2 rings (SSSR count). The van der Waals surface area contributed by atoms with Gasteiger partial charge in [0.05, 0.1) is 5.69 Å². The van der Waals surface area contributed by atoms with Gasteiger partial charge in [0.2, 0.25) is 0 Å². The number of carbonyl (C=O) groups is 1. The molecule has 1 aromatic heterocycles. The van der Waals surface area contributed by atoms with Crippen molar-refractivity contribution in [2.75, 3.05) is 4.90 Å². The summed E-state index contributed by atoms with van der Waals surface area (Å²) in [6.07, 6.45) is 1.40. The van der Waals surface area contributed by atoms with Crippen LogP contribution in [0, 0.1) is 13.8 Å². The number of nitrogens with one attached hydrogen (secondary N) is 1. The van der Waals surface area contributed by atoms with E-state index in [0.717, 1.165) is 11.1 Å². The van der Waals surface area contributed by atoms with Crippen LogP contribution in [-0.2, 0) is 0 Å². The van der Waals surface area contributed by atoms with Crippen molar-refractivity contribution in [2.24, 2.45) is 5.73 Å². The first kappa shape index (κ1) is 11.1. The highest BCUT2D eigenvalue weighted by Gasteiger charge is 2.19. The molecule has 2 amide bonds. The zero-order chi connectivity index (χ0) is 12.4. The Bertz CT molecular complexity index is 535. The second kappa shape index (κ2) is 4.25. The number of aryl methyl sites for hydroxylation is 2. The Morgan fingerprint density at radius 1 is 1.41 bits per heavy atom. The van der Waals surface area contributed by atoms with Gasteiger partial charge in [-0.1, -0.05) is 17.7 Å². The lowest BCUT2D eigenvalue weighted by Gasteiger charge is -2.18. The number of aromatic nitrogens is 3. The largest absolute Gasteiger partial charge is 0.351 e. The number of anilines is 2. The molecule has 0 atom stereocenters. The van der Waals surface area contributed by atoms with Crippen molar-refractivity contribution < 1.29 is 4.79 Å². The molecule has 1 heterocycles. The van der Waals surface area contributed by atoms with Crippen molar-refractivity contribution >= 4 is 17.7 Å². The van der Waals surface area contributed by atoms with Crippen molar-refractivity contribution in [1.82, 2.24) is 15.2 Å². The summed E-state index contributed by atoms with van der Waals surface area (Å²) in [7, 11) is 0. The minimum Gasteiger partial charge on any atom is -0.351 e. The highest BCUT2D eigenvalue weighted by molar-refractivity contribution is 5.97. The molecule has 1 aromatic carbocycles. The molecule has 2 aromatic rings. The van der Waals surface area contributed by atoms with Crippen molar-refractivity contribution in [3.63, 3.8) is 0 Å². The first-order chi connectivity index (χ1) is 8.09. The van der Waals surface area contributed by atoms with Crippen LogP contribution in [0.4, 0.5) is 16.4 Å². The quantitative estimate of drug-likeness (QED) is 0.823. The van der Waals surface area contributed by atoms with Gasteiger partial charge in [0.25, 0.3) is 5.95 Å². The molecule has 6 nitrogen and oxygen atoms in total. The van der Waals surface area contributed by atoms with E-state index in [2.05, 4.69) is 15.2 Å². The molecule has 3 N–H and O–H groups in total. The molecular weight excluding hydrogens is 218 g/mol. The number of carbonyl (C=O) groups excluding carboxylic acids is 1. The Kier molecular flexibility index (Phi) is 2.78. The van der Waals surface area contributed by atoms with Crippen LogP contribution < -0.4 is 10.6 Å². The van der Waals surface area contributed by atoms with Crippen LogP contribution in [0.3, 0.4) is 0 Å². The van der Waals surface area contributed by atoms with E-state index in [1.165, 1.54) is 11.2 Å². The summed E-state index contributed by atoms with van der Waals surface area (Å²) in [6.45, 7) is 3.89. The van der Waals surface area contributed by atoms with E-state index in [-0.39, 0.29) is 5.95 Å².